The Morgan fingerprint density at radius 2 is 1.07 bits per heavy atom. The maximum absolute atomic E-state index is 15.3. The van der Waals surface area contributed by atoms with Gasteiger partial charge in [-0.15, -0.1) is 0 Å². The Morgan fingerprint density at radius 3 is 1.51 bits per heavy atom. The molecule has 0 radical (unpaired) electrons. The van der Waals surface area contributed by atoms with Crippen LogP contribution in [-0.2, 0) is 19.1 Å². The zero-order valence-corrected chi connectivity index (χ0v) is 28.0. The summed E-state index contributed by atoms with van der Waals surface area (Å²) >= 11 is 0. The molecule has 0 N–H and O–H groups in total. The van der Waals surface area contributed by atoms with Gasteiger partial charge < -0.3 is 9.47 Å². The predicted octanol–water partition coefficient (Wildman–Crippen LogP) is 11.1. The molecular weight excluding hydrogens is 577 g/mol. The first-order chi connectivity index (χ1) is 21.8. The molecule has 0 spiro atoms. The third-order valence-corrected chi connectivity index (χ3v) is 9.98. The number of hydrogen-bond donors (Lipinski definition) is 0. The second-order valence-electron chi connectivity index (χ2n) is 13.6. The van der Waals surface area contributed by atoms with E-state index in [4.69, 9.17) is 9.47 Å². The first kappa shape index (κ1) is 37.4. The number of ether oxygens (including phenoxy) is 2. The van der Waals surface area contributed by atoms with Gasteiger partial charge in [0.2, 0.25) is 0 Å². The van der Waals surface area contributed by atoms with Crippen LogP contribution in [0.5, 0.6) is 0 Å². The molecule has 0 unspecified atom stereocenters. The summed E-state index contributed by atoms with van der Waals surface area (Å²) in [5, 5.41) is 0. The molecule has 0 bridgehead atoms. The highest BCUT2D eigenvalue weighted by Crippen LogP contribution is 2.39. The predicted molar refractivity (Wildman–Crippen MR) is 174 cm³/mol. The molecule has 1 aromatic rings. The SMILES string of the molecule is CCCCCCCC[C@H](F)C(=O)O[C@H]1CC[C@H](c2ccc([C@H]3CC[C@H](OC(=O)[C@@H](F)CCCCCCCC)CC3)c(F)c2)CC1. The number of benzene rings is 1. The lowest BCUT2D eigenvalue weighted by atomic mass is 9.79. The molecule has 256 valence electrons. The number of carbonyl (C=O) groups excluding carboxylic acids is 2. The van der Waals surface area contributed by atoms with Crippen molar-refractivity contribution >= 4 is 11.9 Å². The topological polar surface area (TPSA) is 52.6 Å². The van der Waals surface area contributed by atoms with Crippen LogP contribution in [-0.4, -0.2) is 36.5 Å². The summed E-state index contributed by atoms with van der Waals surface area (Å²) < 4.78 is 55.0. The van der Waals surface area contributed by atoms with Crippen molar-refractivity contribution in [1.29, 1.82) is 0 Å². The average Bonchev–Trinajstić information content (AvgIpc) is 3.04. The Bertz CT molecular complexity index is 985. The minimum absolute atomic E-state index is 0.0541. The van der Waals surface area contributed by atoms with Crippen molar-refractivity contribution in [2.75, 3.05) is 0 Å². The van der Waals surface area contributed by atoms with Crippen molar-refractivity contribution in [3.05, 3.63) is 35.1 Å². The van der Waals surface area contributed by atoms with Crippen molar-refractivity contribution in [1.82, 2.24) is 0 Å². The molecule has 0 amide bonds. The summed E-state index contributed by atoms with van der Waals surface area (Å²) in [5.41, 5.74) is 1.64. The van der Waals surface area contributed by atoms with Crippen LogP contribution in [0.25, 0.3) is 0 Å². The molecule has 0 saturated heterocycles. The zero-order valence-electron chi connectivity index (χ0n) is 28.0. The van der Waals surface area contributed by atoms with E-state index in [1.807, 2.05) is 12.1 Å². The first-order valence-corrected chi connectivity index (χ1v) is 18.3. The number of alkyl halides is 2. The quantitative estimate of drug-likeness (QED) is 0.106. The van der Waals surface area contributed by atoms with Crippen molar-refractivity contribution in [3.8, 4) is 0 Å². The lowest BCUT2D eigenvalue weighted by Crippen LogP contribution is -2.29. The fourth-order valence-corrected chi connectivity index (χ4v) is 7.05. The third kappa shape index (κ3) is 13.3. The fraction of sp³-hybridized carbons (Fsp3) is 0.789. The third-order valence-electron chi connectivity index (χ3n) is 9.98. The van der Waals surface area contributed by atoms with E-state index in [1.165, 1.54) is 25.7 Å². The molecule has 2 aliphatic rings. The number of rotatable bonds is 20. The van der Waals surface area contributed by atoms with Gasteiger partial charge in [0.1, 0.15) is 18.0 Å². The summed E-state index contributed by atoms with van der Waals surface area (Å²) in [6.07, 6.45) is 14.8. The van der Waals surface area contributed by atoms with E-state index in [9.17, 15) is 18.4 Å². The van der Waals surface area contributed by atoms with Crippen LogP contribution in [0.2, 0.25) is 0 Å². The summed E-state index contributed by atoms with van der Waals surface area (Å²) in [7, 11) is 0. The van der Waals surface area contributed by atoms with Crippen molar-refractivity contribution in [2.45, 2.75) is 191 Å². The lowest BCUT2D eigenvalue weighted by Gasteiger charge is -2.31. The van der Waals surface area contributed by atoms with Crippen LogP contribution in [0.4, 0.5) is 13.2 Å². The van der Waals surface area contributed by atoms with Gasteiger partial charge in [-0.3, -0.25) is 0 Å². The average molecular weight is 637 g/mol. The Kier molecular flexibility index (Phi) is 17.4. The molecule has 0 aliphatic heterocycles. The van der Waals surface area contributed by atoms with Crippen LogP contribution < -0.4 is 0 Å². The number of unbranched alkanes of at least 4 members (excludes halogenated alkanes) is 10. The van der Waals surface area contributed by atoms with E-state index in [0.717, 1.165) is 56.9 Å². The first-order valence-electron chi connectivity index (χ1n) is 18.3. The lowest BCUT2D eigenvalue weighted by molar-refractivity contribution is -0.157. The van der Waals surface area contributed by atoms with Crippen molar-refractivity contribution < 1.29 is 32.2 Å². The van der Waals surface area contributed by atoms with Gasteiger partial charge >= 0.3 is 11.9 Å². The molecule has 2 aliphatic carbocycles. The van der Waals surface area contributed by atoms with Gasteiger partial charge in [0, 0.05) is 0 Å². The summed E-state index contributed by atoms with van der Waals surface area (Å²) in [5.74, 6) is -1.44. The molecule has 45 heavy (non-hydrogen) atoms. The van der Waals surface area contributed by atoms with Crippen molar-refractivity contribution in [3.63, 3.8) is 0 Å². The summed E-state index contributed by atoms with van der Waals surface area (Å²) in [6.45, 7) is 4.32. The van der Waals surface area contributed by atoms with Crippen LogP contribution in [0.3, 0.4) is 0 Å². The molecule has 0 heterocycles. The molecular formula is C38H59F3O4. The van der Waals surface area contributed by atoms with Crippen LogP contribution in [0.15, 0.2) is 18.2 Å². The van der Waals surface area contributed by atoms with Gasteiger partial charge in [-0.2, -0.15) is 0 Å². The molecule has 2 fully saturated rings. The second-order valence-corrected chi connectivity index (χ2v) is 13.6. The fourth-order valence-electron chi connectivity index (χ4n) is 7.05. The molecule has 1 aromatic carbocycles. The van der Waals surface area contributed by atoms with E-state index in [0.29, 0.717) is 56.9 Å². The summed E-state index contributed by atoms with van der Waals surface area (Å²) in [4.78, 5) is 24.5. The number of esters is 2. The Hall–Kier alpha value is -2.05. The highest BCUT2D eigenvalue weighted by Gasteiger charge is 2.31. The molecule has 2 atom stereocenters. The van der Waals surface area contributed by atoms with Gasteiger partial charge in [0.05, 0.1) is 0 Å². The minimum atomic E-state index is -1.56. The number of halogens is 3. The number of hydrogen-bond acceptors (Lipinski definition) is 4. The Balaban J connectivity index is 1.34. The van der Waals surface area contributed by atoms with E-state index >= 15 is 4.39 Å². The highest BCUT2D eigenvalue weighted by atomic mass is 19.1. The second kappa shape index (κ2) is 20.9. The van der Waals surface area contributed by atoms with Gasteiger partial charge in [0.15, 0.2) is 12.3 Å². The monoisotopic (exact) mass is 636 g/mol. The standard InChI is InChI=1S/C38H59F3O4/c1-3-5-7-9-11-13-15-34(39)37(42)44-31-22-17-28(18-23-31)30-21-26-33(36(41)27-30)29-19-24-32(25-20-29)45-38(43)35(40)16-14-12-10-8-6-4-2/h21,26-29,31-32,34-35H,3-20,22-25H2,1-2H3/t28-,29-,31-,32-,34-,35-/m0/s1. The van der Waals surface area contributed by atoms with E-state index in [-0.39, 0.29) is 42.7 Å². The molecule has 3 rings (SSSR count). The largest absolute Gasteiger partial charge is 0.460 e. The van der Waals surface area contributed by atoms with E-state index in [2.05, 4.69) is 13.8 Å². The van der Waals surface area contributed by atoms with Crippen LogP contribution in [0, 0.1) is 5.82 Å². The normalized spacial score (nSPS) is 23.3. The smallest absolute Gasteiger partial charge is 0.340 e. The van der Waals surface area contributed by atoms with Gasteiger partial charge in [-0.1, -0.05) is 90.2 Å². The molecule has 2 saturated carbocycles. The minimum Gasteiger partial charge on any atom is -0.460 e. The van der Waals surface area contributed by atoms with Gasteiger partial charge in [-0.05, 0) is 106 Å². The summed E-state index contributed by atoms with van der Waals surface area (Å²) in [6, 6.07) is 5.55. The van der Waals surface area contributed by atoms with Crippen LogP contribution >= 0.6 is 0 Å². The Morgan fingerprint density at radius 1 is 0.644 bits per heavy atom. The van der Waals surface area contributed by atoms with Crippen LogP contribution in [0.1, 0.15) is 178 Å². The molecule has 0 aromatic heterocycles. The van der Waals surface area contributed by atoms with Crippen molar-refractivity contribution in [2.24, 2.45) is 0 Å². The zero-order chi connectivity index (χ0) is 32.4. The maximum atomic E-state index is 15.3. The molecule has 4 nitrogen and oxygen atoms in total. The Labute approximate surface area is 270 Å². The van der Waals surface area contributed by atoms with E-state index in [1.54, 1.807) is 6.07 Å². The van der Waals surface area contributed by atoms with E-state index < -0.39 is 24.3 Å². The number of carbonyl (C=O) groups is 2. The van der Waals surface area contributed by atoms with Gasteiger partial charge in [-0.25, -0.2) is 22.8 Å². The maximum Gasteiger partial charge on any atom is 0.340 e. The van der Waals surface area contributed by atoms with Gasteiger partial charge in [0.25, 0.3) is 0 Å². The molecule has 7 heteroatoms. The highest BCUT2D eigenvalue weighted by molar-refractivity contribution is 5.75.